The molecule has 0 bridgehead atoms. The molecule has 0 fully saturated rings. The molecule has 0 atom stereocenters. The Balaban J connectivity index is 3.03. The van der Waals surface area contributed by atoms with Gasteiger partial charge < -0.3 is 9.84 Å². The van der Waals surface area contributed by atoms with Crippen molar-refractivity contribution in [3.63, 3.8) is 0 Å². The zero-order valence-electron chi connectivity index (χ0n) is 24.7. The smallest absolute Gasteiger partial charge is 0.305 e. The lowest BCUT2D eigenvalue weighted by Gasteiger charge is -2.04. The van der Waals surface area contributed by atoms with Gasteiger partial charge in [0.15, 0.2) is 0 Å². The Morgan fingerprint density at radius 2 is 0.583 bits per heavy atom. The minimum atomic E-state index is -0.0637. The number of rotatable bonds is 31. The first-order valence-electron chi connectivity index (χ1n) is 16.5. The van der Waals surface area contributed by atoms with Crippen molar-refractivity contribution in [3.8, 4) is 0 Å². The summed E-state index contributed by atoms with van der Waals surface area (Å²) in [5.41, 5.74) is 0. The molecule has 36 heavy (non-hydrogen) atoms. The quantitative estimate of drug-likeness (QED) is 0.0745. The van der Waals surface area contributed by atoms with E-state index in [1.165, 1.54) is 180 Å². The predicted octanol–water partition coefficient (Wildman–Crippen LogP) is 10.9. The molecule has 0 saturated heterocycles. The van der Waals surface area contributed by atoms with Gasteiger partial charge in [-0.25, -0.2) is 0 Å². The molecule has 3 nitrogen and oxygen atoms in total. The molecule has 0 aliphatic heterocycles. The van der Waals surface area contributed by atoms with Gasteiger partial charge in [-0.05, 0) is 12.8 Å². The SMILES string of the molecule is COC(=O)CCCCCCCCCCCCCCCCCCCCCCCCCCCCCCCO. The topological polar surface area (TPSA) is 46.5 Å². The molecule has 216 valence electrons. The minimum absolute atomic E-state index is 0.0637. The maximum atomic E-state index is 11.0. The van der Waals surface area contributed by atoms with Crippen LogP contribution in [0.4, 0.5) is 0 Å². The Bertz CT molecular complexity index is 410. The predicted molar refractivity (Wildman–Crippen MR) is 158 cm³/mol. The third-order valence-electron chi connectivity index (χ3n) is 7.77. The van der Waals surface area contributed by atoms with E-state index < -0.39 is 0 Å². The number of unbranched alkanes of at least 4 members (excludes halogenated alkanes) is 28. The Kier molecular flexibility index (Phi) is 31.9. The van der Waals surface area contributed by atoms with E-state index in [1.54, 1.807) is 0 Å². The summed E-state index contributed by atoms with van der Waals surface area (Å²) >= 11 is 0. The summed E-state index contributed by atoms with van der Waals surface area (Å²) in [4.78, 5) is 11.0. The van der Waals surface area contributed by atoms with Gasteiger partial charge >= 0.3 is 5.97 Å². The standard InChI is InChI=1S/C33H66O3/c1-36-33(35)31-29-27-25-23-21-19-17-15-13-11-9-7-5-3-2-4-6-8-10-12-14-16-18-20-22-24-26-28-30-32-34/h34H,2-32H2,1H3. The summed E-state index contributed by atoms with van der Waals surface area (Å²) in [5.74, 6) is -0.0637. The van der Waals surface area contributed by atoms with Gasteiger partial charge in [0.25, 0.3) is 0 Å². The highest BCUT2D eigenvalue weighted by molar-refractivity contribution is 5.68. The van der Waals surface area contributed by atoms with Crippen LogP contribution in [-0.2, 0) is 9.53 Å². The van der Waals surface area contributed by atoms with Crippen molar-refractivity contribution in [1.29, 1.82) is 0 Å². The second-order valence-corrected chi connectivity index (χ2v) is 11.3. The fourth-order valence-electron chi connectivity index (χ4n) is 5.26. The number of aliphatic hydroxyl groups excluding tert-OH is 1. The number of methoxy groups -OCH3 is 1. The van der Waals surface area contributed by atoms with Gasteiger partial charge in [-0.2, -0.15) is 0 Å². The highest BCUT2D eigenvalue weighted by Gasteiger charge is 1.99. The van der Waals surface area contributed by atoms with E-state index in [4.69, 9.17) is 5.11 Å². The lowest BCUT2D eigenvalue weighted by atomic mass is 10.0. The van der Waals surface area contributed by atoms with E-state index in [1.807, 2.05) is 0 Å². The first kappa shape index (κ1) is 35.4. The van der Waals surface area contributed by atoms with E-state index in [9.17, 15) is 4.79 Å². The average Bonchev–Trinajstić information content (AvgIpc) is 2.89. The lowest BCUT2D eigenvalue weighted by molar-refractivity contribution is -0.140. The van der Waals surface area contributed by atoms with E-state index in [2.05, 4.69) is 4.74 Å². The molecule has 0 aromatic rings. The van der Waals surface area contributed by atoms with Crippen molar-refractivity contribution < 1.29 is 14.6 Å². The third-order valence-corrected chi connectivity index (χ3v) is 7.77. The maximum Gasteiger partial charge on any atom is 0.305 e. The summed E-state index contributed by atoms with van der Waals surface area (Å²) in [6.45, 7) is 0.368. The van der Waals surface area contributed by atoms with Crippen LogP contribution < -0.4 is 0 Å². The van der Waals surface area contributed by atoms with E-state index in [0.29, 0.717) is 13.0 Å². The number of carbonyl (C=O) groups is 1. The highest BCUT2D eigenvalue weighted by Crippen LogP contribution is 2.16. The van der Waals surface area contributed by atoms with Crippen LogP contribution in [0.25, 0.3) is 0 Å². The second kappa shape index (κ2) is 32.5. The van der Waals surface area contributed by atoms with Crippen molar-refractivity contribution in [2.45, 2.75) is 193 Å². The molecule has 3 heteroatoms. The minimum Gasteiger partial charge on any atom is -0.469 e. The maximum absolute atomic E-state index is 11.0. The molecule has 0 unspecified atom stereocenters. The normalized spacial score (nSPS) is 11.3. The zero-order chi connectivity index (χ0) is 26.2. The first-order chi connectivity index (χ1) is 17.8. The third kappa shape index (κ3) is 31.5. The highest BCUT2D eigenvalue weighted by atomic mass is 16.5. The first-order valence-corrected chi connectivity index (χ1v) is 16.5. The Hall–Kier alpha value is -0.570. The number of aliphatic hydroxyl groups is 1. The van der Waals surface area contributed by atoms with Crippen LogP contribution in [0, 0.1) is 0 Å². The Labute approximate surface area is 226 Å². The summed E-state index contributed by atoms with van der Waals surface area (Å²) in [6.07, 6.45) is 40.4. The van der Waals surface area contributed by atoms with E-state index in [0.717, 1.165) is 12.8 Å². The molecule has 1 N–H and O–H groups in total. The van der Waals surface area contributed by atoms with Crippen LogP contribution in [-0.4, -0.2) is 24.8 Å². The van der Waals surface area contributed by atoms with Crippen molar-refractivity contribution in [2.75, 3.05) is 13.7 Å². The fourth-order valence-corrected chi connectivity index (χ4v) is 5.26. The van der Waals surface area contributed by atoms with Crippen LogP contribution in [0.2, 0.25) is 0 Å². The largest absolute Gasteiger partial charge is 0.469 e. The summed E-state index contributed by atoms with van der Waals surface area (Å²) < 4.78 is 4.67. The molecule has 0 amide bonds. The van der Waals surface area contributed by atoms with Crippen LogP contribution in [0.15, 0.2) is 0 Å². The summed E-state index contributed by atoms with van der Waals surface area (Å²) in [5, 5.41) is 8.77. The molecule has 0 saturated carbocycles. The van der Waals surface area contributed by atoms with Crippen molar-refractivity contribution in [1.82, 2.24) is 0 Å². The van der Waals surface area contributed by atoms with Gasteiger partial charge in [-0.1, -0.05) is 173 Å². The zero-order valence-corrected chi connectivity index (χ0v) is 24.7. The Morgan fingerprint density at radius 3 is 0.778 bits per heavy atom. The number of carbonyl (C=O) groups excluding carboxylic acids is 1. The van der Waals surface area contributed by atoms with Gasteiger partial charge in [-0.15, -0.1) is 0 Å². The molecule has 0 radical (unpaired) electrons. The monoisotopic (exact) mass is 511 g/mol. The number of hydrogen-bond donors (Lipinski definition) is 1. The molecular weight excluding hydrogens is 444 g/mol. The van der Waals surface area contributed by atoms with E-state index in [-0.39, 0.29) is 5.97 Å². The van der Waals surface area contributed by atoms with Crippen molar-refractivity contribution >= 4 is 5.97 Å². The number of ether oxygens (including phenoxy) is 1. The van der Waals surface area contributed by atoms with Gasteiger partial charge in [-0.3, -0.25) is 4.79 Å². The average molecular weight is 511 g/mol. The van der Waals surface area contributed by atoms with Gasteiger partial charge in [0.1, 0.15) is 0 Å². The van der Waals surface area contributed by atoms with Gasteiger partial charge in [0, 0.05) is 13.0 Å². The molecule has 0 aliphatic rings. The lowest BCUT2D eigenvalue weighted by Crippen LogP contribution is -1.99. The van der Waals surface area contributed by atoms with Gasteiger partial charge in [0.2, 0.25) is 0 Å². The molecule has 0 aromatic heterocycles. The van der Waals surface area contributed by atoms with Gasteiger partial charge in [0.05, 0.1) is 7.11 Å². The fraction of sp³-hybridized carbons (Fsp3) is 0.970. The molecule has 0 heterocycles. The van der Waals surface area contributed by atoms with Crippen LogP contribution in [0.3, 0.4) is 0 Å². The second-order valence-electron chi connectivity index (χ2n) is 11.3. The molecule has 0 spiro atoms. The summed E-state index contributed by atoms with van der Waals surface area (Å²) in [7, 11) is 1.47. The number of esters is 1. The molecule has 0 aromatic carbocycles. The molecular formula is C33H66O3. The van der Waals surface area contributed by atoms with Crippen LogP contribution in [0.1, 0.15) is 193 Å². The number of hydrogen-bond acceptors (Lipinski definition) is 3. The van der Waals surface area contributed by atoms with Crippen LogP contribution in [0.5, 0.6) is 0 Å². The van der Waals surface area contributed by atoms with Crippen LogP contribution >= 0.6 is 0 Å². The Morgan fingerprint density at radius 1 is 0.389 bits per heavy atom. The van der Waals surface area contributed by atoms with Crippen molar-refractivity contribution in [3.05, 3.63) is 0 Å². The molecule has 0 rings (SSSR count). The van der Waals surface area contributed by atoms with E-state index >= 15 is 0 Å². The molecule has 0 aliphatic carbocycles. The summed E-state index contributed by atoms with van der Waals surface area (Å²) in [6, 6.07) is 0. The van der Waals surface area contributed by atoms with Crippen molar-refractivity contribution in [2.24, 2.45) is 0 Å².